The van der Waals surface area contributed by atoms with Gasteiger partial charge in [0.05, 0.1) is 30.0 Å². The van der Waals surface area contributed by atoms with Gasteiger partial charge >= 0.3 is 5.97 Å². The van der Waals surface area contributed by atoms with Gasteiger partial charge in [-0.25, -0.2) is 9.78 Å². The zero-order valence-electron chi connectivity index (χ0n) is 18.1. The van der Waals surface area contributed by atoms with Gasteiger partial charge in [0, 0.05) is 10.8 Å². The molecule has 1 N–H and O–H groups in total. The number of aromatic nitrogens is 1. The maximum Gasteiger partial charge on any atom is 0.337 e. The first-order valence-electron chi connectivity index (χ1n) is 10.3. The highest BCUT2D eigenvalue weighted by molar-refractivity contribution is 7.14. The van der Waals surface area contributed by atoms with E-state index in [1.54, 1.807) is 48.7 Å². The molecule has 2 aromatic heterocycles. The summed E-state index contributed by atoms with van der Waals surface area (Å²) >= 11 is 1.22. The van der Waals surface area contributed by atoms with Gasteiger partial charge in [0.1, 0.15) is 5.58 Å². The molecule has 1 aliphatic rings. The molecule has 0 saturated carbocycles. The molecule has 3 heterocycles. The van der Waals surface area contributed by atoms with Crippen molar-refractivity contribution in [3.63, 3.8) is 0 Å². The monoisotopic (exact) mass is 474 g/mol. The first kappa shape index (κ1) is 21.6. The van der Waals surface area contributed by atoms with Crippen LogP contribution in [0, 0.1) is 6.92 Å². The van der Waals surface area contributed by atoms with Crippen LogP contribution in [-0.4, -0.2) is 34.9 Å². The number of furan rings is 1. The Bertz CT molecular complexity index is 1450. The van der Waals surface area contributed by atoms with E-state index in [-0.39, 0.29) is 11.3 Å². The van der Waals surface area contributed by atoms with Gasteiger partial charge < -0.3 is 14.3 Å². The molecule has 0 fully saturated rings. The molecule has 1 aliphatic heterocycles. The predicted octanol–water partition coefficient (Wildman–Crippen LogP) is 4.77. The number of fused-ring (bicyclic) bond motifs is 1. The van der Waals surface area contributed by atoms with Crippen LogP contribution in [0.5, 0.6) is 0 Å². The summed E-state index contributed by atoms with van der Waals surface area (Å²) in [6, 6.07) is 14.1. The summed E-state index contributed by atoms with van der Waals surface area (Å²) in [5.74, 6) is -2.53. The van der Waals surface area contributed by atoms with Crippen molar-refractivity contribution >= 4 is 45.1 Å². The molecule has 1 amide bonds. The zero-order chi connectivity index (χ0) is 24.0. The number of aliphatic hydroxyl groups is 1. The minimum Gasteiger partial charge on any atom is -0.503 e. The first-order valence-corrected chi connectivity index (χ1v) is 11.2. The number of aryl methyl sites for hydroxylation is 1. The van der Waals surface area contributed by atoms with E-state index in [0.717, 1.165) is 5.39 Å². The lowest BCUT2D eigenvalue weighted by atomic mass is 9.94. The van der Waals surface area contributed by atoms with Gasteiger partial charge in [-0.1, -0.05) is 30.3 Å². The molecule has 0 bridgehead atoms. The number of amides is 1. The molecule has 0 aliphatic carbocycles. The summed E-state index contributed by atoms with van der Waals surface area (Å²) in [7, 11) is 1.28. The third-order valence-electron chi connectivity index (χ3n) is 5.56. The number of Topliss-reactive ketones (excluding diaryl/α,β-unsaturated/α-hetero) is 1. The lowest BCUT2D eigenvalue weighted by Crippen LogP contribution is -2.31. The van der Waals surface area contributed by atoms with Gasteiger partial charge in [-0.2, -0.15) is 0 Å². The van der Waals surface area contributed by atoms with Crippen molar-refractivity contribution in [1.82, 2.24) is 4.98 Å². The summed E-state index contributed by atoms with van der Waals surface area (Å²) in [4.78, 5) is 44.3. The van der Waals surface area contributed by atoms with Gasteiger partial charge in [-0.3, -0.25) is 14.5 Å². The minimum absolute atomic E-state index is 0.00361. The number of carbonyl (C=O) groups is 3. The Balaban J connectivity index is 1.64. The van der Waals surface area contributed by atoms with Crippen LogP contribution < -0.4 is 4.90 Å². The SMILES string of the molecule is COC(=O)c1ccc(C2C(C(=O)c3cc4ccccc4o3)=C(O)C(=O)N2c2nc(C)cs2)cc1. The number of ketones is 1. The number of benzene rings is 2. The molecule has 0 saturated heterocycles. The average molecular weight is 474 g/mol. The van der Waals surface area contributed by atoms with Crippen molar-refractivity contribution in [3.8, 4) is 0 Å². The van der Waals surface area contributed by atoms with Crippen molar-refractivity contribution in [2.24, 2.45) is 0 Å². The molecule has 0 spiro atoms. The number of thiazole rings is 1. The van der Waals surface area contributed by atoms with E-state index >= 15 is 0 Å². The Morgan fingerprint density at radius 1 is 1.15 bits per heavy atom. The summed E-state index contributed by atoms with van der Waals surface area (Å²) in [6.45, 7) is 1.79. The number of hydrogen-bond acceptors (Lipinski definition) is 8. The van der Waals surface area contributed by atoms with Crippen LogP contribution in [0.3, 0.4) is 0 Å². The van der Waals surface area contributed by atoms with Crippen LogP contribution in [0.25, 0.3) is 11.0 Å². The van der Waals surface area contributed by atoms with Crippen LogP contribution in [0.15, 0.2) is 75.7 Å². The second-order valence-electron chi connectivity index (χ2n) is 7.70. The van der Waals surface area contributed by atoms with Crippen LogP contribution in [-0.2, 0) is 9.53 Å². The molecule has 170 valence electrons. The molecule has 1 unspecified atom stereocenters. The number of ether oxygens (including phenoxy) is 1. The topological polar surface area (TPSA) is 110 Å². The van der Waals surface area contributed by atoms with E-state index in [2.05, 4.69) is 4.98 Å². The largest absolute Gasteiger partial charge is 0.503 e. The van der Waals surface area contributed by atoms with E-state index < -0.39 is 29.5 Å². The maximum absolute atomic E-state index is 13.6. The summed E-state index contributed by atoms with van der Waals surface area (Å²) in [6.07, 6.45) is 0. The van der Waals surface area contributed by atoms with E-state index in [1.807, 2.05) is 6.07 Å². The fraction of sp³-hybridized carbons (Fsp3) is 0.120. The molecule has 0 radical (unpaired) electrons. The van der Waals surface area contributed by atoms with Gasteiger partial charge in [-0.05, 0) is 36.8 Å². The van der Waals surface area contributed by atoms with Crippen molar-refractivity contribution in [2.45, 2.75) is 13.0 Å². The Morgan fingerprint density at radius 2 is 1.88 bits per heavy atom. The third kappa shape index (κ3) is 3.46. The Labute approximate surface area is 197 Å². The van der Waals surface area contributed by atoms with Crippen LogP contribution in [0.4, 0.5) is 5.13 Å². The van der Waals surface area contributed by atoms with Crippen molar-refractivity contribution in [2.75, 3.05) is 12.0 Å². The minimum atomic E-state index is -0.967. The smallest absolute Gasteiger partial charge is 0.337 e. The molecule has 34 heavy (non-hydrogen) atoms. The van der Waals surface area contributed by atoms with Crippen LogP contribution in [0.1, 0.15) is 38.2 Å². The highest BCUT2D eigenvalue weighted by Gasteiger charge is 2.46. The Hall–Kier alpha value is -4.24. The number of para-hydroxylation sites is 1. The number of nitrogens with zero attached hydrogens (tertiary/aromatic N) is 2. The van der Waals surface area contributed by atoms with Gasteiger partial charge in [-0.15, -0.1) is 11.3 Å². The maximum atomic E-state index is 13.6. The van der Waals surface area contributed by atoms with E-state index in [9.17, 15) is 19.5 Å². The normalized spacial score (nSPS) is 15.9. The first-order chi connectivity index (χ1) is 16.4. The molecule has 8 nitrogen and oxygen atoms in total. The molecule has 9 heteroatoms. The van der Waals surface area contributed by atoms with Crippen molar-refractivity contribution in [3.05, 3.63) is 93.9 Å². The van der Waals surface area contributed by atoms with Gasteiger partial charge in [0.15, 0.2) is 16.7 Å². The second kappa shape index (κ2) is 8.27. The van der Waals surface area contributed by atoms with Crippen molar-refractivity contribution in [1.29, 1.82) is 0 Å². The third-order valence-corrected chi connectivity index (χ3v) is 6.52. The van der Waals surface area contributed by atoms with Gasteiger partial charge in [0.25, 0.3) is 5.91 Å². The number of esters is 1. The zero-order valence-corrected chi connectivity index (χ0v) is 19.0. The average Bonchev–Trinajstić information content (AvgIpc) is 3.54. The highest BCUT2D eigenvalue weighted by atomic mass is 32.1. The number of aliphatic hydroxyl groups excluding tert-OH is 1. The predicted molar refractivity (Wildman–Crippen MR) is 125 cm³/mol. The molecular weight excluding hydrogens is 456 g/mol. The molecule has 1 atom stereocenters. The number of carbonyl (C=O) groups excluding carboxylic acids is 3. The lowest BCUT2D eigenvalue weighted by molar-refractivity contribution is -0.117. The molecule has 2 aromatic carbocycles. The Kier molecular flexibility index (Phi) is 5.25. The summed E-state index contributed by atoms with van der Waals surface area (Å²) in [5.41, 5.74) is 1.91. The fourth-order valence-corrected chi connectivity index (χ4v) is 4.78. The fourth-order valence-electron chi connectivity index (χ4n) is 3.95. The number of methoxy groups -OCH3 is 1. The summed E-state index contributed by atoms with van der Waals surface area (Å²) in [5, 5.41) is 13.7. The lowest BCUT2D eigenvalue weighted by Gasteiger charge is -2.24. The van der Waals surface area contributed by atoms with E-state index in [0.29, 0.717) is 27.5 Å². The molecule has 5 rings (SSSR count). The van der Waals surface area contributed by atoms with E-state index in [4.69, 9.17) is 9.15 Å². The molecule has 4 aromatic rings. The van der Waals surface area contributed by atoms with Gasteiger partial charge in [0.2, 0.25) is 5.78 Å². The standard InChI is InChI=1S/C25H18N2O6S/c1-13-12-34-25(26-13)27-20(14-7-9-15(10-8-14)24(31)32-2)19(22(29)23(27)30)21(28)18-11-16-5-3-4-6-17(16)33-18/h3-12,20,29H,1-2H3. The van der Waals surface area contributed by atoms with Crippen LogP contribution >= 0.6 is 11.3 Å². The number of hydrogen-bond donors (Lipinski definition) is 1. The highest BCUT2D eigenvalue weighted by Crippen LogP contribution is 2.43. The van der Waals surface area contributed by atoms with E-state index in [1.165, 1.54) is 35.5 Å². The molecular formula is C25H18N2O6S. The van der Waals surface area contributed by atoms with Crippen molar-refractivity contribution < 1.29 is 28.6 Å². The second-order valence-corrected chi connectivity index (χ2v) is 8.54. The van der Waals surface area contributed by atoms with Crippen LogP contribution in [0.2, 0.25) is 0 Å². The number of anilines is 1. The quantitative estimate of drug-likeness (QED) is 0.328. The Morgan fingerprint density at radius 3 is 2.53 bits per heavy atom. The summed E-state index contributed by atoms with van der Waals surface area (Å²) < 4.78 is 10.5. The number of rotatable bonds is 5.